The molecule has 0 unspecified atom stereocenters. The quantitative estimate of drug-likeness (QED) is 0.241. The molecule has 0 aliphatic heterocycles. The molecule has 132 valence electrons. The van der Waals surface area contributed by atoms with Crippen molar-refractivity contribution < 1.29 is 15.0 Å². The standard InChI is InChI=1S/C20H34O3/c1-2-3-13-16-19(21)17-14-11-9-7-5-4-6-8-10-12-15-18-20(22)23/h6,8,10,12,15,18-19,21H,2-5,7,9,11,13-14,16-17H2,1H3,(H,22,23)/t19-/m1/s1. The molecule has 3 nitrogen and oxygen atoms in total. The van der Waals surface area contributed by atoms with Gasteiger partial charge in [0, 0.05) is 6.08 Å². The van der Waals surface area contributed by atoms with Crippen molar-refractivity contribution in [1.82, 2.24) is 0 Å². The number of rotatable bonds is 15. The average molecular weight is 322 g/mol. The zero-order valence-corrected chi connectivity index (χ0v) is 14.6. The van der Waals surface area contributed by atoms with E-state index in [0.717, 1.165) is 38.2 Å². The molecule has 0 saturated carbocycles. The van der Waals surface area contributed by atoms with Crippen LogP contribution in [0.25, 0.3) is 0 Å². The van der Waals surface area contributed by atoms with Crippen molar-refractivity contribution in [2.24, 2.45) is 0 Å². The van der Waals surface area contributed by atoms with E-state index in [0.29, 0.717) is 0 Å². The highest BCUT2D eigenvalue weighted by atomic mass is 16.4. The molecule has 0 aliphatic rings. The van der Waals surface area contributed by atoms with E-state index in [1.807, 2.05) is 12.2 Å². The molecule has 0 aromatic heterocycles. The van der Waals surface area contributed by atoms with Crippen LogP contribution in [0.1, 0.15) is 77.6 Å². The highest BCUT2D eigenvalue weighted by Crippen LogP contribution is 2.12. The Hall–Kier alpha value is -1.35. The Morgan fingerprint density at radius 3 is 2.17 bits per heavy atom. The molecule has 0 aliphatic carbocycles. The maximum atomic E-state index is 10.2. The summed E-state index contributed by atoms with van der Waals surface area (Å²) in [6.07, 6.45) is 22.8. The van der Waals surface area contributed by atoms with Crippen LogP contribution in [0.15, 0.2) is 36.5 Å². The van der Waals surface area contributed by atoms with E-state index in [4.69, 9.17) is 5.11 Å². The highest BCUT2D eigenvalue weighted by Gasteiger charge is 2.02. The number of hydrogen-bond donors (Lipinski definition) is 2. The molecule has 23 heavy (non-hydrogen) atoms. The minimum Gasteiger partial charge on any atom is -0.478 e. The summed E-state index contributed by atoms with van der Waals surface area (Å²) in [6.45, 7) is 2.19. The molecule has 0 amide bonds. The predicted molar refractivity (Wildman–Crippen MR) is 97.5 cm³/mol. The number of carboxylic acids is 1. The molecule has 1 atom stereocenters. The lowest BCUT2D eigenvalue weighted by Crippen LogP contribution is -2.05. The lowest BCUT2D eigenvalue weighted by atomic mass is 10.0. The maximum absolute atomic E-state index is 10.2. The fourth-order valence-corrected chi connectivity index (χ4v) is 2.39. The van der Waals surface area contributed by atoms with E-state index >= 15 is 0 Å². The monoisotopic (exact) mass is 322 g/mol. The number of carboxylic acid groups (broad SMARTS) is 1. The van der Waals surface area contributed by atoms with E-state index < -0.39 is 5.97 Å². The summed E-state index contributed by atoms with van der Waals surface area (Å²) in [4.78, 5) is 10.2. The van der Waals surface area contributed by atoms with E-state index in [1.165, 1.54) is 44.6 Å². The summed E-state index contributed by atoms with van der Waals surface area (Å²) in [5.74, 6) is -0.924. The van der Waals surface area contributed by atoms with Crippen LogP contribution in [0.3, 0.4) is 0 Å². The topological polar surface area (TPSA) is 57.5 Å². The Morgan fingerprint density at radius 2 is 1.48 bits per heavy atom. The first kappa shape index (κ1) is 21.6. The molecule has 0 heterocycles. The summed E-state index contributed by atoms with van der Waals surface area (Å²) >= 11 is 0. The van der Waals surface area contributed by atoms with E-state index in [-0.39, 0.29) is 6.10 Å². The first-order chi connectivity index (χ1) is 11.2. The number of carbonyl (C=O) groups is 1. The highest BCUT2D eigenvalue weighted by molar-refractivity contribution is 5.80. The Bertz CT molecular complexity index is 356. The Kier molecular flexibility index (Phi) is 16.0. The van der Waals surface area contributed by atoms with Gasteiger partial charge in [-0.3, -0.25) is 0 Å². The summed E-state index contributed by atoms with van der Waals surface area (Å²) in [5, 5.41) is 18.2. The molecule has 0 radical (unpaired) electrons. The van der Waals surface area contributed by atoms with Crippen molar-refractivity contribution in [3.8, 4) is 0 Å². The number of hydrogen-bond acceptors (Lipinski definition) is 2. The molecule has 0 aromatic carbocycles. The molecule has 0 fully saturated rings. The van der Waals surface area contributed by atoms with Crippen LogP contribution in [0.5, 0.6) is 0 Å². The molecular weight excluding hydrogens is 288 g/mol. The van der Waals surface area contributed by atoms with Gasteiger partial charge in [0.05, 0.1) is 6.10 Å². The van der Waals surface area contributed by atoms with Crippen molar-refractivity contribution in [3.05, 3.63) is 36.5 Å². The number of aliphatic hydroxyl groups is 1. The minimum absolute atomic E-state index is 0.0913. The second-order valence-electron chi connectivity index (χ2n) is 6.01. The molecule has 0 bridgehead atoms. The first-order valence-electron chi connectivity index (χ1n) is 9.07. The van der Waals surface area contributed by atoms with Gasteiger partial charge in [-0.25, -0.2) is 4.79 Å². The van der Waals surface area contributed by atoms with Crippen LogP contribution in [0, 0.1) is 0 Å². The van der Waals surface area contributed by atoms with Gasteiger partial charge in [0.25, 0.3) is 0 Å². The van der Waals surface area contributed by atoms with Crippen molar-refractivity contribution in [2.45, 2.75) is 83.7 Å². The van der Waals surface area contributed by atoms with Gasteiger partial charge in [-0.2, -0.15) is 0 Å². The molecule has 3 heteroatoms. The van der Waals surface area contributed by atoms with E-state index in [1.54, 1.807) is 6.08 Å². The van der Waals surface area contributed by atoms with Crippen molar-refractivity contribution >= 4 is 5.97 Å². The summed E-state index contributed by atoms with van der Waals surface area (Å²) in [6, 6.07) is 0. The fourth-order valence-electron chi connectivity index (χ4n) is 2.39. The van der Waals surface area contributed by atoms with E-state index in [2.05, 4.69) is 13.0 Å². The third-order valence-corrected chi connectivity index (χ3v) is 3.76. The normalized spacial score (nSPS) is 13.5. The summed E-state index contributed by atoms with van der Waals surface area (Å²) in [7, 11) is 0. The van der Waals surface area contributed by atoms with Gasteiger partial charge in [-0.05, 0) is 25.7 Å². The van der Waals surface area contributed by atoms with Crippen molar-refractivity contribution in [3.63, 3.8) is 0 Å². The SMILES string of the molecule is CCCCC[C@@H](O)CCCCCCCC=CC=CC=CC(=O)O. The third-order valence-electron chi connectivity index (χ3n) is 3.76. The second-order valence-corrected chi connectivity index (χ2v) is 6.01. The number of unbranched alkanes of at least 4 members (excludes halogenated alkanes) is 7. The Morgan fingerprint density at radius 1 is 0.870 bits per heavy atom. The summed E-state index contributed by atoms with van der Waals surface area (Å²) < 4.78 is 0. The maximum Gasteiger partial charge on any atom is 0.328 e. The molecule has 0 rings (SSSR count). The average Bonchev–Trinajstić information content (AvgIpc) is 2.51. The van der Waals surface area contributed by atoms with Crippen LogP contribution in [-0.4, -0.2) is 22.3 Å². The minimum atomic E-state index is -0.924. The Balaban J connectivity index is 3.34. The van der Waals surface area contributed by atoms with Crippen LogP contribution in [0.2, 0.25) is 0 Å². The third kappa shape index (κ3) is 18.6. The van der Waals surface area contributed by atoms with Gasteiger partial charge in [0.1, 0.15) is 0 Å². The molecule has 2 N–H and O–H groups in total. The van der Waals surface area contributed by atoms with E-state index in [9.17, 15) is 9.90 Å². The van der Waals surface area contributed by atoms with Gasteiger partial charge in [0.15, 0.2) is 0 Å². The zero-order valence-electron chi connectivity index (χ0n) is 14.6. The van der Waals surface area contributed by atoms with Gasteiger partial charge >= 0.3 is 5.97 Å². The van der Waals surface area contributed by atoms with Crippen LogP contribution in [0.4, 0.5) is 0 Å². The van der Waals surface area contributed by atoms with Gasteiger partial charge < -0.3 is 10.2 Å². The van der Waals surface area contributed by atoms with Crippen LogP contribution >= 0.6 is 0 Å². The number of allylic oxidation sites excluding steroid dienone is 5. The number of aliphatic carboxylic acids is 1. The first-order valence-corrected chi connectivity index (χ1v) is 9.07. The van der Waals surface area contributed by atoms with Gasteiger partial charge in [-0.1, -0.05) is 82.2 Å². The van der Waals surface area contributed by atoms with Gasteiger partial charge in [0.2, 0.25) is 0 Å². The Labute approximate surface area is 141 Å². The molecule has 0 aromatic rings. The molecule has 0 spiro atoms. The fraction of sp³-hybridized carbons (Fsp3) is 0.650. The second kappa shape index (κ2) is 17.0. The smallest absolute Gasteiger partial charge is 0.328 e. The van der Waals surface area contributed by atoms with Crippen molar-refractivity contribution in [1.29, 1.82) is 0 Å². The lowest BCUT2D eigenvalue weighted by Gasteiger charge is -2.09. The van der Waals surface area contributed by atoms with Crippen LogP contribution < -0.4 is 0 Å². The zero-order chi connectivity index (χ0) is 17.2. The van der Waals surface area contributed by atoms with Crippen LogP contribution in [-0.2, 0) is 4.79 Å². The van der Waals surface area contributed by atoms with Crippen molar-refractivity contribution in [2.75, 3.05) is 0 Å². The van der Waals surface area contributed by atoms with Gasteiger partial charge in [-0.15, -0.1) is 0 Å². The molecule has 0 saturated heterocycles. The predicted octanol–water partition coefficient (Wildman–Crippen LogP) is 5.41. The largest absolute Gasteiger partial charge is 0.478 e. The summed E-state index contributed by atoms with van der Waals surface area (Å²) in [5.41, 5.74) is 0. The lowest BCUT2D eigenvalue weighted by molar-refractivity contribution is -0.131. The number of aliphatic hydroxyl groups excluding tert-OH is 1. The molecular formula is C20H34O3.